The summed E-state index contributed by atoms with van der Waals surface area (Å²) in [6, 6.07) is 15.6. The van der Waals surface area contributed by atoms with Crippen LogP contribution in [-0.4, -0.2) is 5.25 Å². The van der Waals surface area contributed by atoms with Crippen LogP contribution in [0.15, 0.2) is 54.1 Å². The summed E-state index contributed by atoms with van der Waals surface area (Å²) in [6.45, 7) is 0. The summed E-state index contributed by atoms with van der Waals surface area (Å²) in [7, 11) is 0. The third kappa shape index (κ3) is 2.32. The quantitative estimate of drug-likeness (QED) is 0.503. The van der Waals surface area contributed by atoms with Gasteiger partial charge in [-0.25, -0.2) is 0 Å². The topological polar surface area (TPSA) is 0 Å². The molecule has 3 unspecified atom stereocenters. The average Bonchev–Trinajstić information content (AvgIpc) is 2.54. The Bertz CT molecular complexity index is 680. The van der Waals surface area contributed by atoms with E-state index in [0.29, 0.717) is 11.2 Å². The van der Waals surface area contributed by atoms with E-state index < -0.39 is 0 Å². The highest BCUT2D eigenvalue weighted by molar-refractivity contribution is 7.81. The fraction of sp³-hybridized carbons (Fsp3) is 0.400. The molecular weight excluding hydrogens is 272 g/mol. The number of rotatable bonds is 1. The summed E-state index contributed by atoms with van der Waals surface area (Å²) >= 11 is 4.97. The SMILES string of the molecule is SC1CCC2CCCC=C2C1c1cccc2ccccc12. The predicted molar refractivity (Wildman–Crippen MR) is 94.1 cm³/mol. The summed E-state index contributed by atoms with van der Waals surface area (Å²) in [5.41, 5.74) is 3.18. The molecule has 0 saturated heterocycles. The highest BCUT2D eigenvalue weighted by atomic mass is 32.1. The van der Waals surface area contributed by atoms with E-state index in [4.69, 9.17) is 12.6 Å². The first kappa shape index (κ1) is 13.5. The molecule has 0 aliphatic heterocycles. The molecule has 1 saturated carbocycles. The number of hydrogen-bond donors (Lipinski definition) is 1. The second-order valence-electron chi connectivity index (χ2n) is 6.52. The number of allylic oxidation sites excluding steroid dienone is 2. The number of hydrogen-bond acceptors (Lipinski definition) is 1. The van der Waals surface area contributed by atoms with Crippen molar-refractivity contribution in [1.29, 1.82) is 0 Å². The smallest absolute Gasteiger partial charge is 0.0174 e. The Morgan fingerprint density at radius 1 is 0.905 bits per heavy atom. The van der Waals surface area contributed by atoms with Crippen LogP contribution in [0.4, 0.5) is 0 Å². The molecule has 21 heavy (non-hydrogen) atoms. The lowest BCUT2D eigenvalue weighted by molar-refractivity contribution is 0.384. The molecule has 2 aliphatic carbocycles. The Morgan fingerprint density at radius 2 is 1.76 bits per heavy atom. The first-order valence-corrected chi connectivity index (χ1v) is 8.72. The van der Waals surface area contributed by atoms with E-state index in [1.165, 1.54) is 48.4 Å². The van der Waals surface area contributed by atoms with Crippen molar-refractivity contribution < 1.29 is 0 Å². The molecule has 108 valence electrons. The zero-order valence-electron chi connectivity index (χ0n) is 12.3. The summed E-state index contributed by atoms with van der Waals surface area (Å²) in [4.78, 5) is 0. The number of benzene rings is 2. The van der Waals surface area contributed by atoms with Crippen molar-refractivity contribution in [3.05, 3.63) is 59.7 Å². The van der Waals surface area contributed by atoms with Crippen LogP contribution in [0.2, 0.25) is 0 Å². The monoisotopic (exact) mass is 294 g/mol. The van der Waals surface area contributed by atoms with Gasteiger partial charge in [-0.2, -0.15) is 12.6 Å². The zero-order valence-corrected chi connectivity index (χ0v) is 13.2. The first-order chi connectivity index (χ1) is 10.3. The van der Waals surface area contributed by atoms with E-state index in [-0.39, 0.29) is 0 Å². The van der Waals surface area contributed by atoms with Crippen molar-refractivity contribution in [3.8, 4) is 0 Å². The molecule has 2 aromatic rings. The van der Waals surface area contributed by atoms with Gasteiger partial charge in [0.15, 0.2) is 0 Å². The van der Waals surface area contributed by atoms with Gasteiger partial charge in [-0.05, 0) is 54.4 Å². The van der Waals surface area contributed by atoms with Crippen molar-refractivity contribution in [3.63, 3.8) is 0 Å². The van der Waals surface area contributed by atoms with Gasteiger partial charge >= 0.3 is 0 Å². The van der Waals surface area contributed by atoms with E-state index in [1.807, 2.05) is 0 Å². The minimum atomic E-state index is 0.469. The predicted octanol–water partition coefficient (Wildman–Crippen LogP) is 5.74. The zero-order chi connectivity index (χ0) is 14.2. The van der Waals surface area contributed by atoms with Crippen LogP contribution < -0.4 is 0 Å². The Morgan fingerprint density at radius 3 is 2.71 bits per heavy atom. The fourth-order valence-corrected chi connectivity index (χ4v) is 4.81. The van der Waals surface area contributed by atoms with E-state index in [0.717, 1.165) is 5.92 Å². The normalized spacial score (nSPS) is 29.0. The van der Waals surface area contributed by atoms with Gasteiger partial charge in [0.25, 0.3) is 0 Å². The highest BCUT2D eigenvalue weighted by Crippen LogP contribution is 2.48. The van der Waals surface area contributed by atoms with Crippen molar-refractivity contribution in [2.24, 2.45) is 5.92 Å². The van der Waals surface area contributed by atoms with E-state index >= 15 is 0 Å². The van der Waals surface area contributed by atoms with Gasteiger partial charge in [0.05, 0.1) is 0 Å². The molecule has 2 aromatic carbocycles. The number of thiol groups is 1. The van der Waals surface area contributed by atoms with Gasteiger partial charge in [-0.15, -0.1) is 0 Å². The molecule has 4 rings (SSSR count). The second-order valence-corrected chi connectivity index (χ2v) is 7.19. The molecule has 0 aromatic heterocycles. The van der Waals surface area contributed by atoms with Crippen molar-refractivity contribution in [1.82, 2.24) is 0 Å². The lowest BCUT2D eigenvalue weighted by Crippen LogP contribution is -2.28. The van der Waals surface area contributed by atoms with Crippen LogP contribution in [0.1, 0.15) is 43.6 Å². The summed E-state index contributed by atoms with van der Waals surface area (Å²) in [5, 5.41) is 3.24. The molecule has 1 fully saturated rings. The Kier molecular flexibility index (Phi) is 3.54. The second kappa shape index (κ2) is 5.53. The van der Waals surface area contributed by atoms with Crippen LogP contribution >= 0.6 is 12.6 Å². The largest absolute Gasteiger partial charge is 0.175 e. The molecule has 0 N–H and O–H groups in total. The van der Waals surface area contributed by atoms with Crippen LogP contribution in [-0.2, 0) is 0 Å². The third-order valence-corrected chi connectivity index (χ3v) is 5.88. The molecule has 0 spiro atoms. The van der Waals surface area contributed by atoms with Crippen molar-refractivity contribution in [2.45, 2.75) is 43.3 Å². The molecule has 0 heterocycles. The molecular formula is C20H22S. The summed E-state index contributed by atoms with van der Waals surface area (Å²) in [5.74, 6) is 1.32. The van der Waals surface area contributed by atoms with Gasteiger partial charge in [-0.1, -0.05) is 54.1 Å². The van der Waals surface area contributed by atoms with Gasteiger partial charge in [-0.3, -0.25) is 0 Å². The molecule has 0 nitrogen and oxygen atoms in total. The minimum absolute atomic E-state index is 0.469. The molecule has 2 aliphatic rings. The lowest BCUT2D eigenvalue weighted by atomic mass is 9.69. The molecule has 0 radical (unpaired) electrons. The average molecular weight is 294 g/mol. The summed E-state index contributed by atoms with van der Waals surface area (Å²) in [6.07, 6.45) is 9.12. The van der Waals surface area contributed by atoms with Crippen molar-refractivity contribution in [2.75, 3.05) is 0 Å². The maximum atomic E-state index is 4.97. The van der Waals surface area contributed by atoms with E-state index in [9.17, 15) is 0 Å². The van der Waals surface area contributed by atoms with Crippen LogP contribution in [0, 0.1) is 5.92 Å². The maximum absolute atomic E-state index is 4.97. The fourth-order valence-electron chi connectivity index (χ4n) is 4.33. The van der Waals surface area contributed by atoms with Crippen molar-refractivity contribution >= 4 is 23.4 Å². The molecule has 0 amide bonds. The third-order valence-electron chi connectivity index (χ3n) is 5.32. The van der Waals surface area contributed by atoms with Crippen LogP contribution in [0.5, 0.6) is 0 Å². The standard InChI is InChI=1S/C20H22S/c21-19-13-12-15-7-2-4-10-17(15)20(19)18-11-5-8-14-6-1-3-9-16(14)18/h1,3,5-6,8-11,15,19-21H,2,4,7,12-13H2. The van der Waals surface area contributed by atoms with Gasteiger partial charge < -0.3 is 0 Å². The van der Waals surface area contributed by atoms with E-state index in [1.54, 1.807) is 5.57 Å². The lowest BCUT2D eigenvalue weighted by Gasteiger charge is -2.39. The van der Waals surface area contributed by atoms with Gasteiger partial charge in [0, 0.05) is 11.2 Å². The highest BCUT2D eigenvalue weighted by Gasteiger charge is 2.35. The Balaban J connectivity index is 1.87. The molecule has 1 heteroatoms. The van der Waals surface area contributed by atoms with Gasteiger partial charge in [0.1, 0.15) is 0 Å². The maximum Gasteiger partial charge on any atom is 0.0174 e. The van der Waals surface area contributed by atoms with Gasteiger partial charge in [0.2, 0.25) is 0 Å². The van der Waals surface area contributed by atoms with Crippen LogP contribution in [0.3, 0.4) is 0 Å². The minimum Gasteiger partial charge on any atom is -0.175 e. The van der Waals surface area contributed by atoms with E-state index in [2.05, 4.69) is 48.5 Å². The molecule has 3 atom stereocenters. The number of fused-ring (bicyclic) bond motifs is 2. The first-order valence-electron chi connectivity index (χ1n) is 8.20. The Labute approximate surface area is 132 Å². The Hall–Kier alpha value is -1.21. The summed E-state index contributed by atoms with van der Waals surface area (Å²) < 4.78 is 0. The molecule has 0 bridgehead atoms. The van der Waals surface area contributed by atoms with Crippen LogP contribution in [0.25, 0.3) is 10.8 Å².